The largest absolute Gasteiger partial charge is 0.438 e. The van der Waals surface area contributed by atoms with Gasteiger partial charge in [0.1, 0.15) is 5.58 Å². The van der Waals surface area contributed by atoms with Crippen molar-refractivity contribution in [3.8, 4) is 39.9 Å². The second-order valence-corrected chi connectivity index (χ2v) is 13.1. The van der Waals surface area contributed by atoms with Gasteiger partial charge in [-0.3, -0.25) is 0 Å². The number of hydrogen-bond donors (Lipinski definition) is 0. The first-order valence-electron chi connectivity index (χ1n) is 17.3. The van der Waals surface area contributed by atoms with E-state index in [0.29, 0.717) is 28.8 Å². The molecule has 0 saturated carbocycles. The Balaban J connectivity index is 1.22. The molecule has 11 rings (SSSR count). The maximum absolute atomic E-state index is 6.50. The van der Waals surface area contributed by atoms with Gasteiger partial charge in [-0.05, 0) is 57.9 Å². The molecule has 0 N–H and O–H groups in total. The first kappa shape index (κ1) is 28.6. The van der Waals surface area contributed by atoms with Gasteiger partial charge in [0.05, 0.1) is 16.7 Å². The number of rotatable bonds is 4. The zero-order valence-electron chi connectivity index (χ0n) is 27.7. The van der Waals surface area contributed by atoms with Gasteiger partial charge in [0.25, 0.3) is 0 Å². The van der Waals surface area contributed by atoms with Crippen molar-refractivity contribution in [3.05, 3.63) is 164 Å². The monoisotopic (exact) mass is 665 g/mol. The van der Waals surface area contributed by atoms with Crippen LogP contribution in [0.2, 0.25) is 0 Å². The summed E-state index contributed by atoms with van der Waals surface area (Å²) in [7, 11) is 0. The fraction of sp³-hybridized carbons (Fsp3) is 0. The van der Waals surface area contributed by atoms with Crippen molar-refractivity contribution in [2.24, 2.45) is 0 Å². The van der Waals surface area contributed by atoms with Crippen molar-refractivity contribution in [1.82, 2.24) is 24.5 Å². The molecule has 0 spiro atoms. The van der Waals surface area contributed by atoms with Gasteiger partial charge in [-0.1, -0.05) is 115 Å². The normalized spacial score (nSPS) is 11.8. The van der Waals surface area contributed by atoms with Crippen molar-refractivity contribution in [2.45, 2.75) is 0 Å². The summed E-state index contributed by atoms with van der Waals surface area (Å²) in [6.07, 6.45) is 1.76. The van der Waals surface area contributed by atoms with E-state index in [4.69, 9.17) is 19.4 Å². The van der Waals surface area contributed by atoms with Crippen LogP contribution in [0.15, 0.2) is 168 Å². The summed E-state index contributed by atoms with van der Waals surface area (Å²) < 4.78 is 8.80. The molecule has 0 saturated heterocycles. The lowest BCUT2D eigenvalue weighted by Gasteiger charge is -2.13. The summed E-state index contributed by atoms with van der Waals surface area (Å²) in [6.45, 7) is 0. The summed E-state index contributed by atoms with van der Waals surface area (Å²) in [4.78, 5) is 20.2. The molecule has 0 amide bonds. The summed E-state index contributed by atoms with van der Waals surface area (Å²) in [5, 5.41) is 8.89. The van der Waals surface area contributed by atoms with Crippen molar-refractivity contribution < 1.29 is 4.42 Å². The van der Waals surface area contributed by atoms with E-state index in [1.54, 1.807) is 6.20 Å². The first-order chi connectivity index (χ1) is 25.8. The molecule has 0 aliphatic rings. The highest BCUT2D eigenvalue weighted by Crippen LogP contribution is 2.40. The number of hydrogen-bond acceptors (Lipinski definition) is 5. The number of aromatic nitrogens is 5. The van der Waals surface area contributed by atoms with Crippen LogP contribution in [0.5, 0.6) is 0 Å². The van der Waals surface area contributed by atoms with Gasteiger partial charge in [0.15, 0.2) is 17.5 Å². The Morgan fingerprint density at radius 3 is 1.85 bits per heavy atom. The van der Waals surface area contributed by atoms with Gasteiger partial charge in [0, 0.05) is 50.5 Å². The lowest BCUT2D eigenvalue weighted by Crippen LogP contribution is -2.02. The molecule has 6 nitrogen and oxygen atoms in total. The van der Waals surface area contributed by atoms with Gasteiger partial charge in [-0.25, -0.2) is 19.9 Å². The Labute approximate surface area is 297 Å². The zero-order valence-corrected chi connectivity index (χ0v) is 27.7. The van der Waals surface area contributed by atoms with Crippen LogP contribution >= 0.6 is 0 Å². The fourth-order valence-corrected chi connectivity index (χ4v) is 7.71. The number of fused-ring (bicyclic) bond motifs is 9. The van der Waals surface area contributed by atoms with Gasteiger partial charge < -0.3 is 8.98 Å². The number of benzene rings is 7. The van der Waals surface area contributed by atoms with E-state index in [1.807, 2.05) is 42.5 Å². The lowest BCUT2D eigenvalue weighted by atomic mass is 9.99. The van der Waals surface area contributed by atoms with E-state index in [0.717, 1.165) is 55.0 Å². The molecule has 0 aliphatic carbocycles. The molecule has 0 fully saturated rings. The van der Waals surface area contributed by atoms with Crippen molar-refractivity contribution >= 4 is 65.4 Å². The fourth-order valence-electron chi connectivity index (χ4n) is 7.71. The average molecular weight is 666 g/mol. The minimum Gasteiger partial charge on any atom is -0.438 e. The lowest BCUT2D eigenvalue weighted by molar-refractivity contribution is 0.654. The van der Waals surface area contributed by atoms with Crippen LogP contribution in [0.25, 0.3) is 105 Å². The third kappa shape index (κ3) is 4.38. The molecule has 7 aromatic carbocycles. The molecule has 11 aromatic rings. The quantitative estimate of drug-likeness (QED) is 0.175. The molecule has 0 radical (unpaired) electrons. The topological polar surface area (TPSA) is 69.6 Å². The molecule has 0 bridgehead atoms. The first-order valence-corrected chi connectivity index (χ1v) is 17.3. The van der Waals surface area contributed by atoms with Gasteiger partial charge >= 0.3 is 0 Å². The molecular weight excluding hydrogens is 639 g/mol. The Kier molecular flexibility index (Phi) is 6.15. The molecule has 6 heteroatoms. The van der Waals surface area contributed by atoms with E-state index in [9.17, 15) is 0 Å². The highest BCUT2D eigenvalue weighted by molar-refractivity contribution is 6.14. The van der Waals surface area contributed by atoms with Gasteiger partial charge in [-0.15, -0.1) is 0 Å². The molecule has 0 unspecified atom stereocenters. The number of para-hydroxylation sites is 2. The van der Waals surface area contributed by atoms with Crippen LogP contribution in [0.1, 0.15) is 0 Å². The Morgan fingerprint density at radius 1 is 0.442 bits per heavy atom. The van der Waals surface area contributed by atoms with E-state index in [2.05, 4.69) is 125 Å². The number of furan rings is 1. The third-order valence-corrected chi connectivity index (χ3v) is 10.1. The molecule has 4 aromatic heterocycles. The summed E-state index contributed by atoms with van der Waals surface area (Å²) in [5.41, 5.74) is 7.10. The molecule has 4 heterocycles. The van der Waals surface area contributed by atoms with Crippen LogP contribution in [-0.2, 0) is 0 Å². The van der Waals surface area contributed by atoms with E-state index in [1.165, 1.54) is 21.5 Å². The van der Waals surface area contributed by atoms with E-state index >= 15 is 0 Å². The van der Waals surface area contributed by atoms with Gasteiger partial charge in [-0.2, -0.15) is 0 Å². The Morgan fingerprint density at radius 2 is 1.06 bits per heavy atom. The molecular formula is C46H27N5O. The molecule has 0 atom stereocenters. The molecule has 52 heavy (non-hydrogen) atoms. The van der Waals surface area contributed by atoms with Crippen molar-refractivity contribution in [1.29, 1.82) is 0 Å². The molecule has 242 valence electrons. The maximum Gasteiger partial charge on any atom is 0.227 e. The minimum atomic E-state index is 0.557. The standard InChI is InChI=1S/C46H27N5O/c1-2-12-30(13-3-1)43-48-44(31-23-22-29-21-20-28-11-4-5-14-33(28)37(29)25-31)50-45(49-43)38-26-32(27-41-42(38)36-17-10-24-47-46(36)52-41)51-39-18-8-6-15-34(39)35-16-7-9-19-40(35)51/h1-27H. The number of pyridine rings is 1. The smallest absolute Gasteiger partial charge is 0.227 e. The van der Waals surface area contributed by atoms with Crippen molar-refractivity contribution in [2.75, 3.05) is 0 Å². The summed E-state index contributed by atoms with van der Waals surface area (Å²) >= 11 is 0. The maximum atomic E-state index is 6.50. The second-order valence-electron chi connectivity index (χ2n) is 13.1. The Hall–Kier alpha value is -7.18. The zero-order chi connectivity index (χ0) is 34.2. The second kappa shape index (κ2) is 11.2. The van der Waals surface area contributed by atoms with E-state index in [-0.39, 0.29) is 0 Å². The SMILES string of the molecule is c1ccc(-c2nc(-c3ccc4ccc5ccccc5c4c3)nc(-c3cc(-n4c5ccccc5c5ccccc54)cc4oc5ncccc5c34)n2)cc1. The molecule has 0 aliphatic heterocycles. The van der Waals surface area contributed by atoms with Crippen LogP contribution in [-0.4, -0.2) is 24.5 Å². The van der Waals surface area contributed by atoms with Crippen molar-refractivity contribution in [3.63, 3.8) is 0 Å². The predicted octanol–water partition coefficient (Wildman–Crippen LogP) is 11.6. The third-order valence-electron chi connectivity index (χ3n) is 10.1. The Bertz CT molecular complexity index is 3140. The summed E-state index contributed by atoms with van der Waals surface area (Å²) in [5.74, 6) is 1.75. The van der Waals surface area contributed by atoms with Crippen LogP contribution in [0.3, 0.4) is 0 Å². The van der Waals surface area contributed by atoms with Crippen LogP contribution in [0.4, 0.5) is 0 Å². The highest BCUT2D eigenvalue weighted by Gasteiger charge is 2.22. The van der Waals surface area contributed by atoms with Crippen LogP contribution in [0, 0.1) is 0 Å². The number of nitrogens with zero attached hydrogens (tertiary/aromatic N) is 5. The highest BCUT2D eigenvalue weighted by atomic mass is 16.3. The van der Waals surface area contributed by atoms with Crippen LogP contribution < -0.4 is 0 Å². The van der Waals surface area contributed by atoms with Gasteiger partial charge in [0.2, 0.25) is 5.71 Å². The predicted molar refractivity (Wildman–Crippen MR) is 211 cm³/mol. The van der Waals surface area contributed by atoms with E-state index < -0.39 is 0 Å². The summed E-state index contributed by atoms with van der Waals surface area (Å²) in [6, 6.07) is 54.7. The average Bonchev–Trinajstić information content (AvgIpc) is 3.76. The minimum absolute atomic E-state index is 0.557.